The van der Waals surface area contributed by atoms with E-state index in [1.807, 2.05) is 0 Å². The zero-order valence-electron chi connectivity index (χ0n) is 9.77. The van der Waals surface area contributed by atoms with Crippen LogP contribution in [0, 0.1) is 0 Å². The highest BCUT2D eigenvalue weighted by Crippen LogP contribution is 2.32. The first-order valence-electron chi connectivity index (χ1n) is 5.35. The molecule has 102 valence electrons. The minimum absolute atomic E-state index is 0.00338. The van der Waals surface area contributed by atoms with Gasteiger partial charge in [0.1, 0.15) is 11.9 Å². The van der Waals surface area contributed by atoms with Crippen LogP contribution in [0.3, 0.4) is 0 Å². The Kier molecular flexibility index (Phi) is 5.59. The highest BCUT2D eigenvalue weighted by Gasteiger charge is 2.23. The Morgan fingerprint density at radius 2 is 2.16 bits per heavy atom. The number of nitrogens with zero attached hydrogens (tertiary/aromatic N) is 3. The van der Waals surface area contributed by atoms with Gasteiger partial charge >= 0.3 is 0 Å². The van der Waals surface area contributed by atoms with E-state index in [4.69, 9.17) is 17.1 Å². The van der Waals surface area contributed by atoms with Crippen LogP contribution in [-0.4, -0.2) is 34.3 Å². The van der Waals surface area contributed by atoms with Crippen LogP contribution in [0.25, 0.3) is 10.4 Å². The first kappa shape index (κ1) is 15.3. The van der Waals surface area contributed by atoms with Crippen molar-refractivity contribution in [1.82, 2.24) is 0 Å². The molecule has 0 amide bonds. The molecule has 0 spiro atoms. The molecule has 0 bridgehead atoms. The Hall–Kier alpha value is -1.79. The standard InChI is InChI=1S/C11H12ClN3O4/c12-7-3-6(5-16)10(18)8(4-7)11(19)9(17)1-2-14-15-13/h3-5,9,11,17-19H,1-2H2. The van der Waals surface area contributed by atoms with Crippen molar-refractivity contribution >= 4 is 17.9 Å². The maximum atomic E-state index is 10.7. The summed E-state index contributed by atoms with van der Waals surface area (Å²) in [6, 6.07) is 2.50. The van der Waals surface area contributed by atoms with Gasteiger partial charge < -0.3 is 15.3 Å². The van der Waals surface area contributed by atoms with Crippen LogP contribution < -0.4 is 0 Å². The second kappa shape index (κ2) is 6.96. The van der Waals surface area contributed by atoms with Gasteiger partial charge in [0.05, 0.1) is 11.7 Å². The summed E-state index contributed by atoms with van der Waals surface area (Å²) in [6.07, 6.45) is -2.29. The third-order valence-electron chi connectivity index (χ3n) is 2.53. The molecular weight excluding hydrogens is 274 g/mol. The molecule has 0 fully saturated rings. The fourth-order valence-electron chi connectivity index (χ4n) is 1.56. The van der Waals surface area contributed by atoms with Gasteiger partial charge in [-0.25, -0.2) is 0 Å². The zero-order chi connectivity index (χ0) is 14.4. The number of carbonyl (C=O) groups excluding carboxylic acids is 1. The van der Waals surface area contributed by atoms with Gasteiger partial charge in [0, 0.05) is 22.0 Å². The van der Waals surface area contributed by atoms with Crippen LogP contribution in [0.5, 0.6) is 5.75 Å². The largest absolute Gasteiger partial charge is 0.507 e. The molecule has 0 saturated carbocycles. The summed E-state index contributed by atoms with van der Waals surface area (Å²) in [5, 5.41) is 32.7. The number of aliphatic hydroxyl groups is 2. The number of aromatic hydroxyl groups is 1. The molecular formula is C11H12ClN3O4. The molecule has 0 saturated heterocycles. The van der Waals surface area contributed by atoms with Gasteiger partial charge in [-0.05, 0) is 24.1 Å². The second-order valence-electron chi connectivity index (χ2n) is 3.81. The first-order valence-corrected chi connectivity index (χ1v) is 5.73. The van der Waals surface area contributed by atoms with E-state index >= 15 is 0 Å². The number of rotatable bonds is 6. The summed E-state index contributed by atoms with van der Waals surface area (Å²) < 4.78 is 0. The lowest BCUT2D eigenvalue weighted by Gasteiger charge is -2.19. The maximum absolute atomic E-state index is 10.7. The number of halogens is 1. The van der Waals surface area contributed by atoms with Crippen LogP contribution in [-0.2, 0) is 0 Å². The molecule has 1 aromatic carbocycles. The number of hydrogen-bond acceptors (Lipinski definition) is 5. The third kappa shape index (κ3) is 3.84. The topological polar surface area (TPSA) is 127 Å². The van der Waals surface area contributed by atoms with Gasteiger partial charge in [-0.2, -0.15) is 0 Å². The molecule has 0 aliphatic carbocycles. The summed E-state index contributed by atoms with van der Waals surface area (Å²) in [7, 11) is 0. The van der Waals surface area contributed by atoms with Crippen molar-refractivity contribution in [2.45, 2.75) is 18.6 Å². The number of hydrogen-bond donors (Lipinski definition) is 3. The van der Waals surface area contributed by atoms with Crippen LogP contribution >= 0.6 is 11.6 Å². The van der Waals surface area contributed by atoms with Gasteiger partial charge in [-0.15, -0.1) is 0 Å². The van der Waals surface area contributed by atoms with Crippen LogP contribution in [0.4, 0.5) is 0 Å². The van der Waals surface area contributed by atoms with E-state index in [2.05, 4.69) is 10.0 Å². The molecule has 1 aromatic rings. The van der Waals surface area contributed by atoms with Crippen molar-refractivity contribution in [3.63, 3.8) is 0 Å². The lowest BCUT2D eigenvalue weighted by Crippen LogP contribution is -2.19. The lowest BCUT2D eigenvalue weighted by molar-refractivity contribution is 0.0137. The molecule has 3 N–H and O–H groups in total. The average molecular weight is 286 g/mol. The SMILES string of the molecule is [N-]=[N+]=NCCC(O)C(O)c1cc(Cl)cc(C=O)c1O. The lowest BCUT2D eigenvalue weighted by atomic mass is 9.99. The molecule has 0 aromatic heterocycles. The van der Waals surface area contributed by atoms with Crippen LogP contribution in [0.1, 0.15) is 28.4 Å². The number of phenols is 1. The molecule has 2 atom stereocenters. The van der Waals surface area contributed by atoms with Crippen molar-refractivity contribution in [2.75, 3.05) is 6.54 Å². The minimum atomic E-state index is -1.44. The molecule has 0 heterocycles. The quantitative estimate of drug-likeness (QED) is 0.319. The summed E-state index contributed by atoms with van der Waals surface area (Å²) in [4.78, 5) is 13.2. The third-order valence-corrected chi connectivity index (χ3v) is 2.75. The van der Waals surface area contributed by atoms with Crippen molar-refractivity contribution < 1.29 is 20.1 Å². The molecule has 0 aliphatic heterocycles. The van der Waals surface area contributed by atoms with Crippen molar-refractivity contribution in [2.24, 2.45) is 5.11 Å². The van der Waals surface area contributed by atoms with Crippen molar-refractivity contribution in [1.29, 1.82) is 0 Å². The number of azide groups is 1. The van der Waals surface area contributed by atoms with Gasteiger partial charge in [0.2, 0.25) is 0 Å². The number of benzene rings is 1. The first-order chi connectivity index (χ1) is 9.01. The van der Waals surface area contributed by atoms with Gasteiger partial charge in [0.15, 0.2) is 6.29 Å². The number of aliphatic hydroxyl groups excluding tert-OH is 2. The fourth-order valence-corrected chi connectivity index (χ4v) is 1.79. The monoisotopic (exact) mass is 285 g/mol. The fraction of sp³-hybridized carbons (Fsp3) is 0.364. The van der Waals surface area contributed by atoms with E-state index in [-0.39, 0.29) is 29.1 Å². The summed E-state index contributed by atoms with van der Waals surface area (Å²) in [6.45, 7) is -0.00338. The minimum Gasteiger partial charge on any atom is -0.507 e. The van der Waals surface area contributed by atoms with Crippen molar-refractivity contribution in [3.05, 3.63) is 38.7 Å². The predicted molar refractivity (Wildman–Crippen MR) is 68.1 cm³/mol. The summed E-state index contributed by atoms with van der Waals surface area (Å²) in [5.41, 5.74) is 7.97. The zero-order valence-corrected chi connectivity index (χ0v) is 10.5. The van der Waals surface area contributed by atoms with Gasteiger partial charge in [0.25, 0.3) is 0 Å². The molecule has 0 aliphatic rings. The van der Waals surface area contributed by atoms with Crippen molar-refractivity contribution in [3.8, 4) is 5.75 Å². The number of carbonyl (C=O) groups is 1. The van der Waals surface area contributed by atoms with Gasteiger partial charge in [-0.1, -0.05) is 16.7 Å². The molecule has 0 radical (unpaired) electrons. The Labute approximate surface area is 113 Å². The summed E-state index contributed by atoms with van der Waals surface area (Å²) >= 11 is 5.75. The predicted octanol–water partition coefficient (Wildman–Crippen LogP) is 1.95. The second-order valence-corrected chi connectivity index (χ2v) is 4.24. The highest BCUT2D eigenvalue weighted by molar-refractivity contribution is 6.31. The van der Waals surface area contributed by atoms with E-state index in [1.54, 1.807) is 0 Å². The van der Waals surface area contributed by atoms with Crippen LogP contribution in [0.15, 0.2) is 17.2 Å². The van der Waals surface area contributed by atoms with E-state index in [0.717, 1.165) is 0 Å². The smallest absolute Gasteiger partial charge is 0.153 e. The molecule has 2 unspecified atom stereocenters. The normalized spacial score (nSPS) is 13.4. The molecule has 7 nitrogen and oxygen atoms in total. The Bertz CT molecular complexity index is 517. The Morgan fingerprint density at radius 1 is 1.47 bits per heavy atom. The molecule has 19 heavy (non-hydrogen) atoms. The Morgan fingerprint density at radius 3 is 2.74 bits per heavy atom. The van der Waals surface area contributed by atoms with E-state index in [0.29, 0.717) is 6.29 Å². The van der Waals surface area contributed by atoms with E-state index in [9.17, 15) is 20.1 Å². The van der Waals surface area contributed by atoms with E-state index in [1.165, 1.54) is 12.1 Å². The highest BCUT2D eigenvalue weighted by atomic mass is 35.5. The Balaban J connectivity index is 2.98. The number of phenolic OH excluding ortho intramolecular Hbond substituents is 1. The van der Waals surface area contributed by atoms with Crippen LogP contribution in [0.2, 0.25) is 5.02 Å². The van der Waals surface area contributed by atoms with Gasteiger partial charge in [-0.3, -0.25) is 4.79 Å². The molecule has 8 heteroatoms. The summed E-state index contributed by atoms with van der Waals surface area (Å²) in [5.74, 6) is -0.435. The number of aldehydes is 1. The molecule has 1 rings (SSSR count). The van der Waals surface area contributed by atoms with E-state index < -0.39 is 18.0 Å². The maximum Gasteiger partial charge on any atom is 0.153 e. The average Bonchev–Trinajstić information content (AvgIpc) is 2.40.